The van der Waals surface area contributed by atoms with Crippen LogP contribution in [-0.2, 0) is 6.54 Å². The van der Waals surface area contributed by atoms with Gasteiger partial charge in [0.05, 0.1) is 13.7 Å². The summed E-state index contributed by atoms with van der Waals surface area (Å²) in [7, 11) is 1.55. The highest BCUT2D eigenvalue weighted by Gasteiger charge is 2.19. The zero-order valence-corrected chi connectivity index (χ0v) is 14.7. The molecule has 0 radical (unpaired) electrons. The van der Waals surface area contributed by atoms with Crippen LogP contribution in [0.4, 0.5) is 4.39 Å². The Bertz CT molecular complexity index is 915. The second kappa shape index (κ2) is 8.41. The molecule has 0 saturated carbocycles. The fourth-order valence-corrected chi connectivity index (χ4v) is 2.75. The van der Waals surface area contributed by atoms with Crippen molar-refractivity contribution >= 4 is 5.91 Å². The van der Waals surface area contributed by atoms with Gasteiger partial charge in [-0.3, -0.25) is 4.79 Å². The largest absolute Gasteiger partial charge is 0.496 e. The molecule has 3 aromatic rings. The first-order chi connectivity index (χ1) is 13.1. The lowest BCUT2D eigenvalue weighted by molar-refractivity contribution is 0.0706. The Labute approximate surface area is 155 Å². The SMILES string of the molecule is COc1ccccc1CN(CCO)C(=O)c1ccc(-n2cncn2)c(F)c1. The number of aromatic nitrogens is 3. The molecular formula is C19H19FN4O3. The molecular weight excluding hydrogens is 351 g/mol. The van der Waals surface area contributed by atoms with Gasteiger partial charge in [0.2, 0.25) is 0 Å². The second-order valence-electron chi connectivity index (χ2n) is 5.77. The van der Waals surface area contributed by atoms with Crippen LogP contribution < -0.4 is 4.74 Å². The molecule has 0 unspecified atom stereocenters. The van der Waals surface area contributed by atoms with Crippen LogP contribution in [0, 0.1) is 5.82 Å². The molecule has 1 heterocycles. The van der Waals surface area contributed by atoms with Gasteiger partial charge in [-0.25, -0.2) is 14.1 Å². The van der Waals surface area contributed by atoms with E-state index >= 15 is 0 Å². The lowest BCUT2D eigenvalue weighted by Gasteiger charge is -2.23. The normalized spacial score (nSPS) is 10.6. The van der Waals surface area contributed by atoms with Crippen molar-refractivity contribution in [3.05, 3.63) is 72.1 Å². The van der Waals surface area contributed by atoms with E-state index in [2.05, 4.69) is 10.1 Å². The van der Waals surface area contributed by atoms with Gasteiger partial charge in [-0.15, -0.1) is 0 Å². The summed E-state index contributed by atoms with van der Waals surface area (Å²) < 4.78 is 21.0. The molecule has 0 spiro atoms. The molecule has 140 valence electrons. The summed E-state index contributed by atoms with van der Waals surface area (Å²) in [6.07, 6.45) is 2.67. The molecule has 0 fully saturated rings. The minimum atomic E-state index is -0.590. The minimum absolute atomic E-state index is 0.114. The van der Waals surface area contributed by atoms with Crippen molar-refractivity contribution < 1.29 is 19.0 Å². The van der Waals surface area contributed by atoms with E-state index in [1.54, 1.807) is 13.2 Å². The topological polar surface area (TPSA) is 80.5 Å². The molecule has 1 amide bonds. The number of amides is 1. The molecule has 1 aromatic heterocycles. The summed E-state index contributed by atoms with van der Waals surface area (Å²) in [5, 5.41) is 13.2. The van der Waals surface area contributed by atoms with Crippen LogP contribution in [0.15, 0.2) is 55.1 Å². The van der Waals surface area contributed by atoms with E-state index in [9.17, 15) is 14.3 Å². The summed E-state index contributed by atoms with van der Waals surface area (Å²) in [6.45, 7) is 0.138. The van der Waals surface area contributed by atoms with Crippen molar-refractivity contribution in [1.29, 1.82) is 0 Å². The Hall–Kier alpha value is -3.26. The van der Waals surface area contributed by atoms with Crippen molar-refractivity contribution in [3.63, 3.8) is 0 Å². The molecule has 0 saturated heterocycles. The van der Waals surface area contributed by atoms with Gasteiger partial charge in [0.25, 0.3) is 5.91 Å². The number of hydrogen-bond acceptors (Lipinski definition) is 5. The lowest BCUT2D eigenvalue weighted by atomic mass is 10.1. The van der Waals surface area contributed by atoms with Gasteiger partial charge in [-0.1, -0.05) is 18.2 Å². The van der Waals surface area contributed by atoms with Crippen LogP contribution in [0.3, 0.4) is 0 Å². The van der Waals surface area contributed by atoms with E-state index in [0.29, 0.717) is 5.75 Å². The Morgan fingerprint density at radius 3 is 2.78 bits per heavy atom. The zero-order chi connectivity index (χ0) is 19.2. The number of hydrogen-bond donors (Lipinski definition) is 1. The molecule has 0 aliphatic heterocycles. The predicted octanol–water partition coefficient (Wildman–Crippen LogP) is 2.05. The summed E-state index contributed by atoms with van der Waals surface area (Å²) in [4.78, 5) is 18.1. The highest BCUT2D eigenvalue weighted by atomic mass is 19.1. The van der Waals surface area contributed by atoms with Gasteiger partial charge in [-0.05, 0) is 24.3 Å². The summed E-state index contributed by atoms with van der Waals surface area (Å²) in [5.74, 6) is -0.340. The van der Waals surface area contributed by atoms with Crippen LogP contribution in [0.25, 0.3) is 5.69 Å². The van der Waals surface area contributed by atoms with Crippen LogP contribution >= 0.6 is 0 Å². The first-order valence-corrected chi connectivity index (χ1v) is 8.30. The Balaban J connectivity index is 1.85. The number of carbonyl (C=O) groups excluding carboxylic acids is 1. The van der Waals surface area contributed by atoms with E-state index in [4.69, 9.17) is 4.74 Å². The minimum Gasteiger partial charge on any atom is -0.496 e. The maximum absolute atomic E-state index is 14.4. The highest BCUT2D eigenvalue weighted by Crippen LogP contribution is 2.21. The van der Waals surface area contributed by atoms with Crippen LogP contribution in [0.5, 0.6) is 5.75 Å². The quantitative estimate of drug-likeness (QED) is 0.689. The highest BCUT2D eigenvalue weighted by molar-refractivity contribution is 5.94. The number of para-hydroxylation sites is 1. The Morgan fingerprint density at radius 2 is 2.11 bits per heavy atom. The number of aliphatic hydroxyl groups excluding tert-OH is 1. The first kappa shape index (κ1) is 18.5. The number of carbonyl (C=O) groups is 1. The Morgan fingerprint density at radius 1 is 1.30 bits per heavy atom. The molecule has 0 bridgehead atoms. The smallest absolute Gasteiger partial charge is 0.254 e. The van der Waals surface area contributed by atoms with Crippen molar-refractivity contribution in [2.24, 2.45) is 0 Å². The van der Waals surface area contributed by atoms with E-state index in [0.717, 1.165) is 11.6 Å². The monoisotopic (exact) mass is 370 g/mol. The molecule has 27 heavy (non-hydrogen) atoms. The third-order valence-corrected chi connectivity index (χ3v) is 4.07. The molecule has 8 heteroatoms. The van der Waals surface area contributed by atoms with Gasteiger partial charge in [-0.2, -0.15) is 5.10 Å². The van der Waals surface area contributed by atoms with Crippen LogP contribution in [0.1, 0.15) is 15.9 Å². The number of halogens is 1. The lowest BCUT2D eigenvalue weighted by Crippen LogP contribution is -2.33. The maximum Gasteiger partial charge on any atom is 0.254 e. The predicted molar refractivity (Wildman–Crippen MR) is 96.1 cm³/mol. The fourth-order valence-electron chi connectivity index (χ4n) is 2.75. The van der Waals surface area contributed by atoms with Crippen molar-refractivity contribution in [1.82, 2.24) is 19.7 Å². The third-order valence-electron chi connectivity index (χ3n) is 4.07. The van der Waals surface area contributed by atoms with Crippen LogP contribution in [-0.4, -0.2) is 50.9 Å². The molecule has 0 aliphatic carbocycles. The van der Waals surface area contributed by atoms with E-state index in [1.165, 1.54) is 34.4 Å². The molecule has 7 nitrogen and oxygen atoms in total. The second-order valence-corrected chi connectivity index (χ2v) is 5.77. The average molecular weight is 370 g/mol. The van der Waals surface area contributed by atoms with Crippen molar-refractivity contribution in [2.45, 2.75) is 6.54 Å². The molecule has 0 aliphatic rings. The zero-order valence-electron chi connectivity index (χ0n) is 14.7. The summed E-state index contributed by atoms with van der Waals surface area (Å²) >= 11 is 0. The Kier molecular flexibility index (Phi) is 5.77. The maximum atomic E-state index is 14.4. The fraction of sp³-hybridized carbons (Fsp3) is 0.211. The number of aliphatic hydroxyl groups is 1. The third kappa shape index (κ3) is 4.12. The van der Waals surface area contributed by atoms with Gasteiger partial charge >= 0.3 is 0 Å². The standard InChI is InChI=1S/C19H19FN4O3/c1-27-18-5-3-2-4-15(18)11-23(8-9-25)19(26)14-6-7-17(16(20)10-14)24-13-21-12-22-24/h2-7,10,12-13,25H,8-9,11H2,1H3. The number of ether oxygens (including phenoxy) is 1. The molecule has 1 N–H and O–H groups in total. The number of benzene rings is 2. The van der Waals surface area contributed by atoms with Crippen molar-refractivity contribution in [3.8, 4) is 11.4 Å². The first-order valence-electron chi connectivity index (χ1n) is 8.30. The average Bonchev–Trinajstić information content (AvgIpc) is 3.22. The van der Waals surface area contributed by atoms with E-state index in [1.807, 2.05) is 18.2 Å². The van der Waals surface area contributed by atoms with Gasteiger partial charge in [0.15, 0.2) is 0 Å². The van der Waals surface area contributed by atoms with Gasteiger partial charge < -0.3 is 14.7 Å². The van der Waals surface area contributed by atoms with E-state index < -0.39 is 5.82 Å². The number of nitrogens with zero attached hydrogens (tertiary/aromatic N) is 4. The van der Waals surface area contributed by atoms with E-state index in [-0.39, 0.29) is 36.9 Å². The van der Waals surface area contributed by atoms with Gasteiger partial charge in [0.1, 0.15) is 29.9 Å². The molecule has 0 atom stereocenters. The number of rotatable bonds is 7. The molecule has 3 rings (SSSR count). The number of methoxy groups -OCH3 is 1. The van der Waals surface area contributed by atoms with Crippen molar-refractivity contribution in [2.75, 3.05) is 20.3 Å². The summed E-state index contributed by atoms with van der Waals surface area (Å²) in [6, 6.07) is 11.5. The molecule has 2 aromatic carbocycles. The van der Waals surface area contributed by atoms with Crippen LogP contribution in [0.2, 0.25) is 0 Å². The summed E-state index contributed by atoms with van der Waals surface area (Å²) in [5.41, 5.74) is 1.17. The van der Waals surface area contributed by atoms with Gasteiger partial charge in [0, 0.05) is 24.2 Å².